The number of hydrazine groups is 1. The predicted molar refractivity (Wildman–Crippen MR) is 185 cm³/mol. The van der Waals surface area contributed by atoms with Gasteiger partial charge >= 0.3 is 0 Å². The number of halogens is 4. The molecular formula is C34H30Cl4N4O5. The van der Waals surface area contributed by atoms with Crippen molar-refractivity contribution in [3.05, 3.63) is 125 Å². The lowest BCUT2D eigenvalue weighted by Gasteiger charge is -2.08. The van der Waals surface area contributed by atoms with E-state index in [9.17, 15) is 24.6 Å². The van der Waals surface area contributed by atoms with Crippen molar-refractivity contribution in [1.29, 1.82) is 0 Å². The number of nitrogen functional groups attached to an aromatic ring is 1. The Kier molecular flexibility index (Phi) is 11.9. The average molecular weight is 716 g/mol. The lowest BCUT2D eigenvalue weighted by atomic mass is 10.1. The van der Waals surface area contributed by atoms with Crippen LogP contribution in [0.5, 0.6) is 11.5 Å². The molecule has 244 valence electrons. The number of hydrogen-bond acceptors (Lipinski definition) is 7. The van der Waals surface area contributed by atoms with Crippen molar-refractivity contribution in [3.8, 4) is 11.5 Å². The van der Waals surface area contributed by atoms with Gasteiger partial charge in [0.2, 0.25) is 0 Å². The Hall–Kier alpha value is -4.12. The first-order valence-electron chi connectivity index (χ1n) is 14.3. The van der Waals surface area contributed by atoms with Crippen molar-refractivity contribution in [3.63, 3.8) is 0 Å². The van der Waals surface area contributed by atoms with E-state index in [1.54, 1.807) is 24.3 Å². The second-order valence-electron chi connectivity index (χ2n) is 10.7. The number of phenols is 2. The average Bonchev–Trinajstić information content (AvgIpc) is 3.67. The molecule has 4 aromatic carbocycles. The Morgan fingerprint density at radius 2 is 1.13 bits per heavy atom. The number of fused-ring (bicyclic) bond motifs is 2. The standard InChI is InChI=1S/C17H14Cl2N2O2.C9H6Cl2O2.C8H10N2O/c1-9-2-4-10(5-3-9)17(23)21-20-14-7-6-11-12(18)8-13(19)16(22)15(11)14;10-5-3-6(11)9(13)8-4(5)1-2-7(8)12;1-6-2-4-7(5-3-6)8(11)10-9/h2-5,8,22H,6-7H2,1H3,(H,21,23);3,13H,1-2H2;2-5H,9H2,1H3,(H,10,11)/b20-14+;;. The van der Waals surface area contributed by atoms with Crippen LogP contribution < -0.4 is 16.7 Å². The molecule has 0 spiro atoms. The Morgan fingerprint density at radius 1 is 0.681 bits per heavy atom. The highest BCUT2D eigenvalue weighted by Gasteiger charge is 2.28. The van der Waals surface area contributed by atoms with Crippen molar-refractivity contribution in [1.82, 2.24) is 10.9 Å². The molecular weight excluding hydrogens is 686 g/mol. The molecule has 0 radical (unpaired) electrons. The van der Waals surface area contributed by atoms with Crippen LogP contribution in [-0.4, -0.2) is 33.5 Å². The molecule has 6 N–H and O–H groups in total. The van der Waals surface area contributed by atoms with Gasteiger partial charge in [0.05, 0.1) is 21.3 Å². The number of aromatic hydroxyl groups is 2. The summed E-state index contributed by atoms with van der Waals surface area (Å²) < 4.78 is 0. The van der Waals surface area contributed by atoms with E-state index in [4.69, 9.17) is 52.2 Å². The Bertz CT molecular complexity index is 1880. The molecule has 0 aliphatic heterocycles. The molecule has 2 aliphatic rings. The smallest absolute Gasteiger partial charge is 0.271 e. The van der Waals surface area contributed by atoms with Crippen molar-refractivity contribution in [2.75, 3.05) is 0 Å². The summed E-state index contributed by atoms with van der Waals surface area (Å²) in [5, 5.41) is 25.1. The maximum absolute atomic E-state index is 12.1. The van der Waals surface area contributed by atoms with Gasteiger partial charge in [-0.15, -0.1) is 0 Å². The van der Waals surface area contributed by atoms with Gasteiger partial charge in [-0.2, -0.15) is 5.10 Å². The summed E-state index contributed by atoms with van der Waals surface area (Å²) in [4.78, 5) is 34.3. The summed E-state index contributed by atoms with van der Waals surface area (Å²) in [5.41, 5.74) is 10.8. The van der Waals surface area contributed by atoms with Crippen molar-refractivity contribution < 1.29 is 24.6 Å². The summed E-state index contributed by atoms with van der Waals surface area (Å²) in [7, 11) is 0. The molecule has 0 aromatic heterocycles. The minimum Gasteiger partial charge on any atom is -0.506 e. The lowest BCUT2D eigenvalue weighted by molar-refractivity contribution is 0.0946. The maximum Gasteiger partial charge on any atom is 0.271 e. The Labute approximate surface area is 291 Å². The van der Waals surface area contributed by atoms with Crippen molar-refractivity contribution >= 4 is 69.7 Å². The third-order valence-corrected chi connectivity index (χ3v) is 8.70. The van der Waals surface area contributed by atoms with Crippen LogP contribution in [0.4, 0.5) is 0 Å². The third kappa shape index (κ3) is 8.43. The predicted octanol–water partition coefficient (Wildman–Crippen LogP) is 7.51. The number of hydrogen-bond donors (Lipinski definition) is 5. The Balaban J connectivity index is 0.000000176. The van der Waals surface area contributed by atoms with Gasteiger partial charge in [0.1, 0.15) is 11.5 Å². The van der Waals surface area contributed by atoms with Crippen LogP contribution in [-0.2, 0) is 12.8 Å². The van der Waals surface area contributed by atoms with Gasteiger partial charge < -0.3 is 10.2 Å². The van der Waals surface area contributed by atoms with Crippen LogP contribution in [0.3, 0.4) is 0 Å². The van der Waals surface area contributed by atoms with Crippen LogP contribution in [0.1, 0.15) is 71.7 Å². The van der Waals surface area contributed by atoms with E-state index >= 15 is 0 Å². The largest absolute Gasteiger partial charge is 0.506 e. The number of phenolic OH excluding ortho intramolecular Hbond substituents is 2. The molecule has 2 aliphatic carbocycles. The van der Waals surface area contributed by atoms with Crippen LogP contribution >= 0.6 is 46.4 Å². The second kappa shape index (κ2) is 15.6. The SMILES string of the molecule is Cc1ccc(C(=O)N/N=C2\CCc3c(Cl)cc(Cl)c(O)c32)cc1.Cc1ccc(C(=O)NN)cc1.O=C1CCc2c(Cl)cc(Cl)c(O)c21. The van der Waals surface area contributed by atoms with E-state index in [0.717, 1.165) is 16.7 Å². The first-order valence-corrected chi connectivity index (χ1v) is 15.8. The van der Waals surface area contributed by atoms with E-state index in [0.29, 0.717) is 69.3 Å². The Morgan fingerprint density at radius 3 is 1.64 bits per heavy atom. The molecule has 0 unspecified atom stereocenters. The summed E-state index contributed by atoms with van der Waals surface area (Å²) >= 11 is 23.6. The fourth-order valence-corrected chi connectivity index (χ4v) is 6.03. The highest BCUT2D eigenvalue weighted by molar-refractivity contribution is 6.38. The number of benzene rings is 4. The number of carbonyl (C=O) groups excluding carboxylic acids is 3. The van der Waals surface area contributed by atoms with Crippen LogP contribution in [0.15, 0.2) is 65.8 Å². The van der Waals surface area contributed by atoms with E-state index < -0.39 is 0 Å². The molecule has 0 fully saturated rings. The number of nitrogens with zero attached hydrogens (tertiary/aromatic N) is 1. The monoisotopic (exact) mass is 714 g/mol. The van der Waals surface area contributed by atoms with Gasteiger partial charge in [-0.05, 0) is 80.6 Å². The van der Waals surface area contributed by atoms with Crippen LogP contribution in [0, 0.1) is 13.8 Å². The molecule has 9 nitrogen and oxygen atoms in total. The summed E-state index contributed by atoms with van der Waals surface area (Å²) in [6.45, 7) is 3.91. The second-order valence-corrected chi connectivity index (χ2v) is 12.3. The molecule has 47 heavy (non-hydrogen) atoms. The molecule has 4 aromatic rings. The fourth-order valence-electron chi connectivity index (χ4n) is 4.92. The quantitative estimate of drug-likeness (QED) is 0.0840. The molecule has 0 saturated carbocycles. The number of nitrogens with one attached hydrogen (secondary N) is 2. The number of aryl methyl sites for hydroxylation is 2. The highest BCUT2D eigenvalue weighted by atomic mass is 35.5. The van der Waals surface area contributed by atoms with Crippen LogP contribution in [0.25, 0.3) is 0 Å². The number of ketones is 1. The maximum atomic E-state index is 12.1. The molecule has 0 atom stereocenters. The minimum atomic E-state index is -0.307. The number of Topliss-reactive ketones (excluding diaryl/α,β-unsaturated/α-hetero) is 1. The normalized spacial score (nSPS) is 13.5. The first kappa shape index (κ1) is 35.7. The zero-order valence-corrected chi connectivity index (χ0v) is 28.3. The number of rotatable bonds is 3. The lowest BCUT2D eigenvalue weighted by Crippen LogP contribution is -2.29. The van der Waals surface area contributed by atoms with Gasteiger partial charge in [-0.3, -0.25) is 19.8 Å². The van der Waals surface area contributed by atoms with Crippen molar-refractivity contribution in [2.45, 2.75) is 39.5 Å². The molecule has 13 heteroatoms. The van der Waals surface area contributed by atoms with Gasteiger partial charge in [0.25, 0.3) is 11.8 Å². The van der Waals surface area contributed by atoms with Gasteiger partial charge in [-0.1, -0.05) is 81.8 Å². The third-order valence-electron chi connectivity index (χ3n) is 7.45. The van der Waals surface area contributed by atoms with E-state index in [1.807, 2.05) is 38.1 Å². The minimum absolute atomic E-state index is 0.0492. The molecule has 2 amide bonds. The number of carbonyl (C=O) groups is 3. The summed E-state index contributed by atoms with van der Waals surface area (Å²) in [5.74, 6) is 4.11. The highest BCUT2D eigenvalue weighted by Crippen LogP contribution is 2.41. The van der Waals surface area contributed by atoms with E-state index in [2.05, 4.69) is 16.0 Å². The van der Waals surface area contributed by atoms with Gasteiger partial charge in [0, 0.05) is 33.2 Å². The summed E-state index contributed by atoms with van der Waals surface area (Å²) in [6.07, 6.45) is 2.23. The van der Waals surface area contributed by atoms with Crippen LogP contribution in [0.2, 0.25) is 20.1 Å². The molecule has 6 rings (SSSR count). The fraction of sp³-hybridized carbons (Fsp3) is 0.176. The van der Waals surface area contributed by atoms with Gasteiger partial charge in [0.15, 0.2) is 5.78 Å². The topological polar surface area (TPSA) is 154 Å². The van der Waals surface area contributed by atoms with E-state index in [-0.39, 0.29) is 39.1 Å². The molecule has 0 heterocycles. The summed E-state index contributed by atoms with van der Waals surface area (Å²) in [6, 6.07) is 17.4. The number of hydrazone groups is 1. The number of amides is 2. The van der Waals surface area contributed by atoms with E-state index in [1.165, 1.54) is 12.1 Å². The van der Waals surface area contributed by atoms with Crippen molar-refractivity contribution in [2.24, 2.45) is 10.9 Å². The zero-order chi connectivity index (χ0) is 34.4. The van der Waals surface area contributed by atoms with Gasteiger partial charge in [-0.25, -0.2) is 11.3 Å². The number of nitrogens with two attached hydrogens (primary N) is 1. The molecule has 0 saturated heterocycles. The molecule has 0 bridgehead atoms. The first-order chi connectivity index (χ1) is 22.3. The zero-order valence-electron chi connectivity index (χ0n) is 25.3.